The van der Waals surface area contributed by atoms with Gasteiger partial charge in [0.1, 0.15) is 0 Å². The molecule has 1 radical (unpaired) electrons. The zero-order chi connectivity index (χ0) is 30.4. The van der Waals surface area contributed by atoms with Gasteiger partial charge in [-0.3, -0.25) is 0 Å². The Bertz CT molecular complexity index is 1130. The number of hydrogen-bond donors (Lipinski definition) is 2. The molecule has 0 unspecified atom stereocenters. The van der Waals surface area contributed by atoms with Crippen molar-refractivity contribution in [2.45, 2.75) is 156 Å². The van der Waals surface area contributed by atoms with Crippen molar-refractivity contribution < 1.29 is 7.58 Å². The zero-order valence-electron chi connectivity index (χ0n) is 28.1. The van der Waals surface area contributed by atoms with Crippen LogP contribution in [0.15, 0.2) is 24.3 Å². The van der Waals surface area contributed by atoms with E-state index in [0.717, 1.165) is 24.6 Å². The van der Waals surface area contributed by atoms with Crippen LogP contribution in [0.5, 0.6) is 11.5 Å². The molecule has 0 saturated heterocycles. The van der Waals surface area contributed by atoms with E-state index in [4.69, 9.17) is 7.58 Å². The Morgan fingerprint density at radius 3 is 1.24 bits per heavy atom. The molecule has 4 rings (SSSR count). The van der Waals surface area contributed by atoms with Crippen LogP contribution in [-0.2, 0) is 34.7 Å². The molecule has 1 aliphatic carbocycles. The third-order valence-corrected chi connectivity index (χ3v) is 9.55. The van der Waals surface area contributed by atoms with E-state index in [0.29, 0.717) is 12.1 Å². The van der Waals surface area contributed by atoms with Gasteiger partial charge in [-0.05, 0) is 56.8 Å². The van der Waals surface area contributed by atoms with Gasteiger partial charge in [-0.2, -0.15) is 0 Å². The Kier molecular flexibility index (Phi) is 9.39. The Morgan fingerprint density at radius 1 is 0.561 bits per heavy atom. The molecule has 5 heteroatoms. The molecule has 4 nitrogen and oxygen atoms in total. The summed E-state index contributed by atoms with van der Waals surface area (Å²) in [7, 11) is 0. The summed E-state index contributed by atoms with van der Waals surface area (Å²) in [4.78, 5) is 0. The third kappa shape index (κ3) is 7.72. The predicted molar refractivity (Wildman–Crippen MR) is 174 cm³/mol. The molecule has 0 aromatic heterocycles. The molecule has 2 aliphatic rings. The molecule has 1 saturated carbocycles. The number of benzene rings is 2. The van der Waals surface area contributed by atoms with Crippen LogP contribution in [0.2, 0.25) is 0 Å². The van der Waals surface area contributed by atoms with Gasteiger partial charge < -0.3 is 18.2 Å². The van der Waals surface area contributed by atoms with E-state index in [1.165, 1.54) is 59.1 Å². The molecule has 1 heterocycles. The average molecular weight is 576 g/mol. The Morgan fingerprint density at radius 2 is 0.927 bits per heavy atom. The van der Waals surface area contributed by atoms with E-state index in [-0.39, 0.29) is 21.7 Å². The minimum Gasteiger partial charge on any atom is -0.615 e. The van der Waals surface area contributed by atoms with Crippen molar-refractivity contribution in [3.05, 3.63) is 57.6 Å². The van der Waals surface area contributed by atoms with Crippen molar-refractivity contribution in [1.82, 2.24) is 10.6 Å². The lowest BCUT2D eigenvalue weighted by Crippen LogP contribution is -2.49. The summed E-state index contributed by atoms with van der Waals surface area (Å²) in [6, 6.07) is 10.4. The molecule has 2 N–H and O–H groups in total. The van der Waals surface area contributed by atoms with Crippen molar-refractivity contribution in [3.8, 4) is 11.5 Å². The molecule has 1 aliphatic heterocycles. The van der Waals surface area contributed by atoms with Crippen molar-refractivity contribution in [1.29, 1.82) is 0 Å². The third-order valence-electron chi connectivity index (χ3n) is 8.89. The van der Waals surface area contributed by atoms with E-state index in [1.54, 1.807) is 0 Å². The summed E-state index contributed by atoms with van der Waals surface area (Å²) >= 11 is -0.750. The van der Waals surface area contributed by atoms with E-state index in [9.17, 15) is 0 Å². The lowest BCUT2D eigenvalue weighted by molar-refractivity contribution is 0.280. The largest absolute Gasteiger partial charge is 0.881 e. The van der Waals surface area contributed by atoms with Gasteiger partial charge in [0, 0.05) is 36.3 Å². The normalized spacial score (nSPS) is 21.0. The van der Waals surface area contributed by atoms with E-state index >= 15 is 0 Å². The smallest absolute Gasteiger partial charge is 0.615 e. The highest BCUT2D eigenvalue weighted by molar-refractivity contribution is 6.21. The van der Waals surface area contributed by atoms with Crippen LogP contribution >= 0.6 is 0 Å². The summed E-state index contributed by atoms with van der Waals surface area (Å²) in [6.45, 7) is 29.2. The van der Waals surface area contributed by atoms with Gasteiger partial charge in [-0.1, -0.05) is 120 Å². The first-order valence-corrected chi connectivity index (χ1v) is 16.8. The van der Waals surface area contributed by atoms with Crippen LogP contribution in [0, 0.1) is 0 Å². The predicted octanol–water partition coefficient (Wildman–Crippen LogP) is 8.37. The zero-order valence-corrected chi connectivity index (χ0v) is 29.3. The van der Waals surface area contributed by atoms with Gasteiger partial charge in [0.25, 0.3) is 0 Å². The van der Waals surface area contributed by atoms with Crippen molar-refractivity contribution in [3.63, 3.8) is 0 Å². The maximum atomic E-state index is 6.79. The summed E-state index contributed by atoms with van der Waals surface area (Å²) in [5, 5.41) is 7.99. The second-order valence-electron chi connectivity index (χ2n) is 16.6. The molecule has 41 heavy (non-hydrogen) atoms. The second-order valence-corrected chi connectivity index (χ2v) is 17.3. The Hall–Kier alpha value is -1.51. The molecule has 2 atom stereocenters. The fraction of sp³-hybridized carbons (Fsp3) is 0.667. The number of rotatable bonds is 0. The van der Waals surface area contributed by atoms with Gasteiger partial charge >= 0.3 is 15.9 Å². The van der Waals surface area contributed by atoms with Crippen molar-refractivity contribution in [2.24, 2.45) is 0 Å². The number of hydrogen-bond acceptors (Lipinski definition) is 4. The minimum absolute atomic E-state index is 0.0518. The molecular formula is C36H56AlN2O2. The molecular weight excluding hydrogens is 519 g/mol. The maximum absolute atomic E-state index is 6.79. The first-order chi connectivity index (χ1) is 18.9. The van der Waals surface area contributed by atoms with Gasteiger partial charge in [0.05, 0.1) is 11.5 Å². The van der Waals surface area contributed by atoms with Gasteiger partial charge in [-0.25, -0.2) is 0 Å². The highest BCUT2D eigenvalue weighted by atomic mass is 27.2. The summed E-state index contributed by atoms with van der Waals surface area (Å²) in [5.74, 6) is 2.02. The topological polar surface area (TPSA) is 42.5 Å². The summed E-state index contributed by atoms with van der Waals surface area (Å²) in [5.41, 5.74) is 7.77. The molecule has 0 bridgehead atoms. The van der Waals surface area contributed by atoms with Crippen LogP contribution in [0.1, 0.15) is 142 Å². The van der Waals surface area contributed by atoms with Gasteiger partial charge in [0.2, 0.25) is 0 Å². The monoisotopic (exact) mass is 575 g/mol. The first-order valence-electron chi connectivity index (χ1n) is 15.8. The molecule has 2 aromatic carbocycles. The second kappa shape index (κ2) is 11.9. The Balaban J connectivity index is 1.88. The lowest BCUT2D eigenvalue weighted by atomic mass is 9.78. The van der Waals surface area contributed by atoms with Gasteiger partial charge in [0.15, 0.2) is 0 Å². The quantitative estimate of drug-likeness (QED) is 0.310. The highest BCUT2D eigenvalue weighted by Gasteiger charge is 2.32. The van der Waals surface area contributed by atoms with Crippen LogP contribution in [0.4, 0.5) is 0 Å². The highest BCUT2D eigenvalue weighted by Crippen LogP contribution is 2.41. The summed E-state index contributed by atoms with van der Waals surface area (Å²) in [6.07, 6.45) is 4.95. The van der Waals surface area contributed by atoms with E-state index in [1.807, 2.05) is 0 Å². The molecule has 2 aromatic rings. The van der Waals surface area contributed by atoms with E-state index < -0.39 is 15.9 Å². The molecule has 0 amide bonds. The molecule has 225 valence electrons. The van der Waals surface area contributed by atoms with E-state index in [2.05, 4.69) is 118 Å². The fourth-order valence-corrected chi connectivity index (χ4v) is 6.92. The van der Waals surface area contributed by atoms with Crippen LogP contribution in [-0.4, -0.2) is 28.0 Å². The number of fused-ring (bicyclic) bond motifs is 3. The lowest BCUT2D eigenvalue weighted by Gasteiger charge is -2.34. The standard InChI is InChI=1S/C36H58N2O2.Al/c1-33(2,3)25-17-23(31(39)27(19-25)35(7,8)9)21-37-29-15-13-14-16-30(29)38-22-24-18-26(34(4,5)6)20-28(32(24)40)36(10,11)12;/h17-20,29-30,37-40H,13-16,21-22H2,1-12H3;/q;+2/p-2/t29-,30-;/m1./s1. The number of nitrogens with one attached hydrogen (secondary N) is 2. The van der Waals surface area contributed by atoms with Gasteiger partial charge in [-0.15, -0.1) is 0 Å². The van der Waals surface area contributed by atoms with Crippen molar-refractivity contribution >= 4 is 15.9 Å². The van der Waals surface area contributed by atoms with Crippen LogP contribution in [0.3, 0.4) is 0 Å². The fourth-order valence-electron chi connectivity index (χ4n) is 6.12. The van der Waals surface area contributed by atoms with Crippen molar-refractivity contribution in [2.75, 3.05) is 0 Å². The Labute approximate surface area is 258 Å². The minimum atomic E-state index is -0.750. The average Bonchev–Trinajstić information content (AvgIpc) is 2.85. The molecule has 0 spiro atoms. The first kappa shape index (κ1) is 32.4. The SMILES string of the molecule is CC(C)(C)c1cc2c(c(C(C)(C)C)c1)[O][Al][O]c1c(cc(C(C)(C)C)cc1C(C)(C)C)CN[C@@H]1CCCC[C@H]1NC2. The molecule has 1 fully saturated rings. The maximum Gasteiger partial charge on any atom is 0.881 e. The summed E-state index contributed by atoms with van der Waals surface area (Å²) < 4.78 is 13.6. The van der Waals surface area contributed by atoms with Crippen LogP contribution < -0.4 is 18.2 Å². The van der Waals surface area contributed by atoms with Crippen LogP contribution in [0.25, 0.3) is 0 Å².